The van der Waals surface area contributed by atoms with Crippen LogP contribution in [0.2, 0.25) is 0 Å². The van der Waals surface area contributed by atoms with Crippen LogP contribution in [-0.4, -0.2) is 57.8 Å². The number of hydrogen-bond donors (Lipinski definition) is 3. The summed E-state index contributed by atoms with van der Waals surface area (Å²) < 4.78 is 4.97. The molecule has 0 aromatic heterocycles. The molecule has 1 rings (SSSR count). The standard InChI is InChI=1S/C12H27N5O/c1-12(4-7-17(2)8-5-12)10-15-11(16-13)14-6-9-18-3/h4-10,13H2,1-3H3,(H2,14,15,16). The molecule has 106 valence electrons. The number of nitrogens with two attached hydrogens (primary N) is 1. The lowest BCUT2D eigenvalue weighted by Gasteiger charge is -2.36. The Balaban J connectivity index is 2.39. The van der Waals surface area contributed by atoms with Crippen LogP contribution < -0.4 is 16.6 Å². The molecule has 0 aromatic carbocycles. The fraction of sp³-hybridized carbons (Fsp3) is 0.917. The first-order valence-corrected chi connectivity index (χ1v) is 6.52. The van der Waals surface area contributed by atoms with Crippen molar-refractivity contribution in [3.63, 3.8) is 0 Å². The molecule has 1 aliphatic rings. The zero-order valence-electron chi connectivity index (χ0n) is 11.8. The van der Waals surface area contributed by atoms with Gasteiger partial charge in [-0.25, -0.2) is 5.84 Å². The minimum Gasteiger partial charge on any atom is -0.383 e. The van der Waals surface area contributed by atoms with E-state index in [9.17, 15) is 0 Å². The van der Waals surface area contributed by atoms with Crippen LogP contribution in [0.25, 0.3) is 0 Å². The topological polar surface area (TPSA) is 74.9 Å². The Morgan fingerprint density at radius 2 is 2.11 bits per heavy atom. The maximum atomic E-state index is 5.44. The van der Waals surface area contributed by atoms with Gasteiger partial charge in [-0.05, 0) is 38.4 Å². The number of ether oxygens (including phenoxy) is 1. The maximum Gasteiger partial charge on any atom is 0.205 e. The van der Waals surface area contributed by atoms with Gasteiger partial charge in [0, 0.05) is 20.2 Å². The van der Waals surface area contributed by atoms with Gasteiger partial charge in [-0.3, -0.25) is 10.4 Å². The predicted molar refractivity (Wildman–Crippen MR) is 74.3 cm³/mol. The van der Waals surface area contributed by atoms with E-state index in [1.807, 2.05) is 0 Å². The van der Waals surface area contributed by atoms with Crippen LogP contribution in [0.1, 0.15) is 19.8 Å². The second-order valence-corrected chi connectivity index (χ2v) is 5.34. The Morgan fingerprint density at radius 1 is 1.44 bits per heavy atom. The maximum absolute atomic E-state index is 5.44. The normalized spacial score (nSPS) is 20.8. The van der Waals surface area contributed by atoms with Gasteiger partial charge >= 0.3 is 0 Å². The second-order valence-electron chi connectivity index (χ2n) is 5.34. The Kier molecular flexibility index (Phi) is 6.38. The van der Waals surface area contributed by atoms with Crippen LogP contribution in [0, 0.1) is 5.41 Å². The van der Waals surface area contributed by atoms with Crippen LogP contribution >= 0.6 is 0 Å². The predicted octanol–water partition coefficient (Wildman–Crippen LogP) is -0.226. The van der Waals surface area contributed by atoms with Crippen molar-refractivity contribution < 1.29 is 4.74 Å². The smallest absolute Gasteiger partial charge is 0.205 e. The molecule has 18 heavy (non-hydrogen) atoms. The van der Waals surface area contributed by atoms with E-state index in [1.165, 1.54) is 12.8 Å². The SMILES string of the molecule is COCCNC(=NCC1(C)CCN(C)CC1)NN. The van der Waals surface area contributed by atoms with E-state index >= 15 is 0 Å². The van der Waals surface area contributed by atoms with Crippen LogP contribution in [0.4, 0.5) is 0 Å². The molecule has 0 atom stereocenters. The van der Waals surface area contributed by atoms with E-state index in [0.717, 1.165) is 19.6 Å². The van der Waals surface area contributed by atoms with Gasteiger partial charge in [0.05, 0.1) is 6.61 Å². The highest BCUT2D eigenvalue weighted by molar-refractivity contribution is 5.79. The number of hydrogen-bond acceptors (Lipinski definition) is 4. The lowest BCUT2D eigenvalue weighted by molar-refractivity contribution is 0.147. The van der Waals surface area contributed by atoms with Crippen molar-refractivity contribution in [3.8, 4) is 0 Å². The quantitative estimate of drug-likeness (QED) is 0.209. The molecule has 6 heteroatoms. The molecule has 1 saturated heterocycles. The van der Waals surface area contributed by atoms with Crippen molar-refractivity contribution >= 4 is 5.96 Å². The molecule has 0 radical (unpaired) electrons. The number of methoxy groups -OCH3 is 1. The van der Waals surface area contributed by atoms with Crippen molar-refractivity contribution in [3.05, 3.63) is 0 Å². The van der Waals surface area contributed by atoms with Crippen molar-refractivity contribution in [1.29, 1.82) is 0 Å². The van der Waals surface area contributed by atoms with Gasteiger partial charge in [0.15, 0.2) is 0 Å². The number of nitrogens with one attached hydrogen (secondary N) is 2. The van der Waals surface area contributed by atoms with E-state index in [-0.39, 0.29) is 5.41 Å². The third kappa shape index (κ3) is 5.20. The summed E-state index contributed by atoms with van der Waals surface area (Å²) in [5.41, 5.74) is 2.89. The number of likely N-dealkylation sites (tertiary alicyclic amines) is 1. The van der Waals surface area contributed by atoms with Crippen LogP contribution in [0.15, 0.2) is 4.99 Å². The van der Waals surface area contributed by atoms with Gasteiger partial charge in [-0.1, -0.05) is 6.92 Å². The van der Waals surface area contributed by atoms with Crippen molar-refractivity contribution in [1.82, 2.24) is 15.6 Å². The third-order valence-corrected chi connectivity index (χ3v) is 3.55. The first kappa shape index (κ1) is 15.2. The van der Waals surface area contributed by atoms with Gasteiger partial charge < -0.3 is 15.0 Å². The molecule has 1 fully saturated rings. The first-order valence-electron chi connectivity index (χ1n) is 6.52. The van der Waals surface area contributed by atoms with Crippen molar-refractivity contribution in [2.24, 2.45) is 16.3 Å². The summed E-state index contributed by atoms with van der Waals surface area (Å²) >= 11 is 0. The second kappa shape index (κ2) is 7.56. The fourth-order valence-corrected chi connectivity index (χ4v) is 2.01. The Bertz CT molecular complexity index is 261. The number of nitrogens with zero attached hydrogens (tertiary/aromatic N) is 2. The van der Waals surface area contributed by atoms with Gasteiger partial charge in [-0.15, -0.1) is 0 Å². The highest BCUT2D eigenvalue weighted by Gasteiger charge is 2.28. The highest BCUT2D eigenvalue weighted by atomic mass is 16.5. The molecule has 0 amide bonds. The summed E-state index contributed by atoms with van der Waals surface area (Å²) in [5.74, 6) is 6.09. The molecule has 0 unspecified atom stereocenters. The average Bonchev–Trinajstić information content (AvgIpc) is 2.38. The zero-order valence-corrected chi connectivity index (χ0v) is 11.8. The molecule has 0 saturated carbocycles. The molecule has 0 aromatic rings. The van der Waals surface area contributed by atoms with Crippen molar-refractivity contribution in [2.75, 3.05) is 46.9 Å². The molecule has 1 aliphatic heterocycles. The average molecular weight is 257 g/mol. The Hall–Kier alpha value is -0.850. The van der Waals surface area contributed by atoms with Gasteiger partial charge in [0.2, 0.25) is 5.96 Å². The van der Waals surface area contributed by atoms with E-state index in [1.54, 1.807) is 7.11 Å². The molecular formula is C12H27N5O. The van der Waals surface area contributed by atoms with E-state index in [0.29, 0.717) is 19.1 Å². The van der Waals surface area contributed by atoms with Gasteiger partial charge in [0.1, 0.15) is 0 Å². The molecular weight excluding hydrogens is 230 g/mol. The zero-order chi connectivity index (χ0) is 13.4. The summed E-state index contributed by atoms with van der Waals surface area (Å²) in [4.78, 5) is 6.90. The number of rotatable bonds is 5. The minimum atomic E-state index is 0.289. The Morgan fingerprint density at radius 3 is 2.67 bits per heavy atom. The molecule has 0 bridgehead atoms. The molecule has 0 spiro atoms. The summed E-state index contributed by atoms with van der Waals surface area (Å²) in [6.07, 6.45) is 2.37. The lowest BCUT2D eigenvalue weighted by Crippen LogP contribution is -2.44. The van der Waals surface area contributed by atoms with E-state index in [4.69, 9.17) is 10.6 Å². The lowest BCUT2D eigenvalue weighted by atomic mass is 9.80. The van der Waals surface area contributed by atoms with Crippen LogP contribution in [0.3, 0.4) is 0 Å². The van der Waals surface area contributed by atoms with Crippen LogP contribution in [0.5, 0.6) is 0 Å². The number of guanidine groups is 1. The number of hydrazine groups is 1. The van der Waals surface area contributed by atoms with Gasteiger partial charge in [-0.2, -0.15) is 0 Å². The fourth-order valence-electron chi connectivity index (χ4n) is 2.01. The first-order chi connectivity index (χ1) is 8.59. The van der Waals surface area contributed by atoms with E-state index < -0.39 is 0 Å². The van der Waals surface area contributed by atoms with Crippen molar-refractivity contribution in [2.45, 2.75) is 19.8 Å². The van der Waals surface area contributed by atoms with Gasteiger partial charge in [0.25, 0.3) is 0 Å². The molecule has 0 aliphatic carbocycles. The summed E-state index contributed by atoms with van der Waals surface area (Å²) in [6.45, 7) is 6.75. The molecule has 4 N–H and O–H groups in total. The number of aliphatic imine (C=N–C) groups is 1. The number of piperidine rings is 1. The third-order valence-electron chi connectivity index (χ3n) is 3.55. The van der Waals surface area contributed by atoms with E-state index in [2.05, 4.69) is 34.6 Å². The summed E-state index contributed by atoms with van der Waals surface area (Å²) in [7, 11) is 3.84. The minimum absolute atomic E-state index is 0.289. The van der Waals surface area contributed by atoms with Crippen LogP contribution in [-0.2, 0) is 4.74 Å². The Labute approximate surface area is 110 Å². The summed E-state index contributed by atoms with van der Waals surface area (Å²) in [5, 5.41) is 3.11. The largest absolute Gasteiger partial charge is 0.383 e. The summed E-state index contributed by atoms with van der Waals surface area (Å²) in [6, 6.07) is 0. The monoisotopic (exact) mass is 257 g/mol. The molecule has 1 heterocycles. The molecule has 6 nitrogen and oxygen atoms in total. The highest BCUT2D eigenvalue weighted by Crippen LogP contribution is 2.30.